The summed E-state index contributed by atoms with van der Waals surface area (Å²) >= 11 is 6.09. The Morgan fingerprint density at radius 2 is 2.31 bits per heavy atom. The minimum absolute atomic E-state index is 0.470. The van der Waals surface area contributed by atoms with Crippen molar-refractivity contribution < 1.29 is 0 Å². The van der Waals surface area contributed by atoms with Gasteiger partial charge in [0.1, 0.15) is 0 Å². The molecule has 1 aliphatic rings. The molecule has 72 valence electrons. The van der Waals surface area contributed by atoms with Gasteiger partial charge in [0.2, 0.25) is 5.88 Å². The zero-order valence-corrected chi connectivity index (χ0v) is 9.91. The van der Waals surface area contributed by atoms with Crippen molar-refractivity contribution in [3.63, 3.8) is 0 Å². The van der Waals surface area contributed by atoms with Crippen LogP contribution in [-0.4, -0.2) is 11.8 Å². The van der Waals surface area contributed by atoms with Gasteiger partial charge in [-0.3, -0.25) is 5.14 Å². The first-order valence-corrected chi connectivity index (χ1v) is 6.39. The van der Waals surface area contributed by atoms with Crippen LogP contribution in [0.15, 0.2) is 11.6 Å². The maximum absolute atomic E-state index is 5.65. The molecule has 0 radical (unpaired) electrons. The van der Waals surface area contributed by atoms with Gasteiger partial charge in [-0.15, -0.1) is 11.8 Å². The molecule has 0 unspecified atom stereocenters. The number of rotatable bonds is 1. The fourth-order valence-corrected chi connectivity index (χ4v) is 2.85. The molecule has 0 amide bonds. The van der Waals surface area contributed by atoms with Gasteiger partial charge in [-0.1, -0.05) is 30.7 Å². The summed E-state index contributed by atoms with van der Waals surface area (Å²) in [6.45, 7) is 2.23. The van der Waals surface area contributed by atoms with Crippen molar-refractivity contribution >= 4 is 36.0 Å². The fraction of sp³-hybridized carbons (Fsp3) is 0.750. The van der Waals surface area contributed by atoms with E-state index in [9.17, 15) is 0 Å². The van der Waals surface area contributed by atoms with Crippen molar-refractivity contribution in [2.24, 2.45) is 5.14 Å². The largest absolute Gasteiger partial charge is 0.288 e. The van der Waals surface area contributed by atoms with Gasteiger partial charge in [-0.2, -0.15) is 0 Å². The van der Waals surface area contributed by atoms with E-state index in [-0.39, 0.29) is 0 Å². The van der Waals surface area contributed by atoms with Crippen LogP contribution in [0.25, 0.3) is 0 Å². The van der Waals surface area contributed by atoms with E-state index >= 15 is 0 Å². The Morgan fingerprint density at radius 3 is 3.00 bits per heavy atom. The molecular formula is C8H17B2NS2. The first kappa shape index (κ1) is 11.6. The molecule has 0 aromatic rings. The van der Waals surface area contributed by atoms with E-state index in [4.69, 9.17) is 5.14 Å². The molecule has 0 spiro atoms. The monoisotopic (exact) mass is 213 g/mol. The van der Waals surface area contributed by atoms with E-state index in [1.807, 2.05) is 0 Å². The quantitative estimate of drug-likeness (QED) is 0.303. The van der Waals surface area contributed by atoms with Crippen molar-refractivity contribution in [3.05, 3.63) is 11.6 Å². The van der Waals surface area contributed by atoms with Crippen LogP contribution in [0.1, 0.15) is 26.2 Å². The molecule has 0 saturated heterocycles. The Balaban J connectivity index is 2.49. The highest BCUT2D eigenvalue weighted by Gasteiger charge is 2.25. The SMILES string of the molecule is C/C1=C\CCB(S)B(SN)CCC1. The third-order valence-corrected chi connectivity index (χ3v) is 4.35. The van der Waals surface area contributed by atoms with E-state index in [0.717, 1.165) is 12.7 Å². The molecule has 0 bridgehead atoms. The Labute approximate surface area is 91.8 Å². The minimum Gasteiger partial charge on any atom is -0.288 e. The summed E-state index contributed by atoms with van der Waals surface area (Å²) in [6.07, 6.45) is 8.38. The zero-order valence-electron chi connectivity index (χ0n) is 8.20. The zero-order chi connectivity index (χ0) is 9.68. The number of hydrogen-bond donors (Lipinski definition) is 2. The molecule has 0 aromatic carbocycles. The number of thiol groups is 1. The van der Waals surface area contributed by atoms with Gasteiger partial charge in [-0.25, -0.2) is 12.5 Å². The average molecular weight is 213 g/mol. The standard InChI is InChI=1S/C8H17B2NS2/c1-8-4-2-6-9(12)10(13-11)7-3-5-8/h4,12H,2-3,5-7,11H2,1H3/b8-4+. The lowest BCUT2D eigenvalue weighted by molar-refractivity contribution is 0.894. The molecule has 1 heterocycles. The highest BCUT2D eigenvalue weighted by molar-refractivity contribution is 8.38. The van der Waals surface area contributed by atoms with E-state index in [0.29, 0.717) is 11.8 Å². The summed E-state index contributed by atoms with van der Waals surface area (Å²) in [6, 6.07) is 0. The van der Waals surface area contributed by atoms with Crippen molar-refractivity contribution in [1.29, 1.82) is 0 Å². The highest BCUT2D eigenvalue weighted by Crippen LogP contribution is 2.22. The van der Waals surface area contributed by atoms with Crippen LogP contribution in [0.5, 0.6) is 0 Å². The lowest BCUT2D eigenvalue weighted by Gasteiger charge is -2.12. The Kier molecular flexibility index (Phi) is 5.44. The predicted molar refractivity (Wildman–Crippen MR) is 69.5 cm³/mol. The number of nitrogens with two attached hydrogens (primary N) is 1. The van der Waals surface area contributed by atoms with Gasteiger partial charge < -0.3 is 0 Å². The third kappa shape index (κ3) is 4.05. The van der Waals surface area contributed by atoms with Crippen molar-refractivity contribution in [2.75, 3.05) is 0 Å². The fourth-order valence-electron chi connectivity index (χ4n) is 1.72. The normalized spacial score (nSPS) is 24.4. The topological polar surface area (TPSA) is 26.0 Å². The van der Waals surface area contributed by atoms with Crippen LogP contribution >= 0.6 is 24.3 Å². The van der Waals surface area contributed by atoms with Crippen LogP contribution < -0.4 is 5.14 Å². The second kappa shape index (κ2) is 6.10. The summed E-state index contributed by atoms with van der Waals surface area (Å²) in [5, 5.41) is 5.65. The summed E-state index contributed by atoms with van der Waals surface area (Å²) in [7, 11) is 0. The first-order valence-electron chi connectivity index (χ1n) is 4.93. The van der Waals surface area contributed by atoms with Crippen molar-refractivity contribution in [1.82, 2.24) is 0 Å². The highest BCUT2D eigenvalue weighted by atomic mass is 32.2. The molecule has 2 N–H and O–H groups in total. The Morgan fingerprint density at radius 1 is 1.54 bits per heavy atom. The molecule has 1 nitrogen and oxygen atoms in total. The molecule has 1 rings (SSSR count). The van der Waals surface area contributed by atoms with Crippen LogP contribution in [0, 0.1) is 0 Å². The average Bonchev–Trinajstić information content (AvgIpc) is 2.18. The van der Waals surface area contributed by atoms with Crippen molar-refractivity contribution in [2.45, 2.75) is 38.8 Å². The van der Waals surface area contributed by atoms with E-state index in [1.165, 1.54) is 36.5 Å². The lowest BCUT2D eigenvalue weighted by atomic mass is 9.32. The van der Waals surface area contributed by atoms with Crippen LogP contribution in [0.3, 0.4) is 0 Å². The first-order chi connectivity index (χ1) is 6.24. The smallest absolute Gasteiger partial charge is 0.210 e. The van der Waals surface area contributed by atoms with Crippen LogP contribution in [-0.2, 0) is 0 Å². The maximum Gasteiger partial charge on any atom is 0.210 e. The van der Waals surface area contributed by atoms with Gasteiger partial charge in [0.05, 0.1) is 0 Å². The Bertz CT molecular complexity index is 187. The van der Waals surface area contributed by atoms with Gasteiger partial charge in [0, 0.05) is 0 Å². The summed E-state index contributed by atoms with van der Waals surface area (Å²) in [4.78, 5) is 0. The molecule has 0 fully saturated rings. The van der Waals surface area contributed by atoms with Gasteiger partial charge in [0.25, 0.3) is 0 Å². The molecule has 0 saturated carbocycles. The molecule has 0 atom stereocenters. The molecule has 1 aliphatic heterocycles. The van der Waals surface area contributed by atoms with Gasteiger partial charge >= 0.3 is 0 Å². The molecular weight excluding hydrogens is 196 g/mol. The van der Waals surface area contributed by atoms with E-state index < -0.39 is 0 Å². The summed E-state index contributed by atoms with van der Waals surface area (Å²) < 4.78 is 0. The van der Waals surface area contributed by atoms with Gasteiger partial charge in [0.15, 0.2) is 5.88 Å². The van der Waals surface area contributed by atoms with Gasteiger partial charge in [-0.05, 0) is 19.8 Å². The van der Waals surface area contributed by atoms with Crippen LogP contribution in [0.4, 0.5) is 0 Å². The molecule has 0 aromatic heterocycles. The predicted octanol–water partition coefficient (Wildman–Crippen LogP) is 2.71. The van der Waals surface area contributed by atoms with Crippen molar-refractivity contribution in [3.8, 4) is 0 Å². The van der Waals surface area contributed by atoms with E-state index in [1.54, 1.807) is 0 Å². The second-order valence-corrected chi connectivity index (χ2v) is 5.30. The lowest BCUT2D eigenvalue weighted by Crippen LogP contribution is -2.28. The number of hydrogen-bond acceptors (Lipinski definition) is 3. The van der Waals surface area contributed by atoms with Crippen LogP contribution in [0.2, 0.25) is 12.6 Å². The number of allylic oxidation sites excluding steroid dienone is 2. The third-order valence-electron chi connectivity index (χ3n) is 2.62. The molecule has 0 aliphatic carbocycles. The Hall–Kier alpha value is 0.530. The maximum atomic E-state index is 5.65. The van der Waals surface area contributed by atoms with E-state index in [2.05, 4.69) is 25.5 Å². The summed E-state index contributed by atoms with van der Waals surface area (Å²) in [5.74, 6) is 1.01. The molecule has 13 heavy (non-hydrogen) atoms. The second-order valence-electron chi connectivity index (χ2n) is 3.76. The molecule has 5 heteroatoms. The minimum atomic E-state index is 0.470. The summed E-state index contributed by atoms with van der Waals surface area (Å²) in [5.41, 5.74) is 1.53.